The van der Waals surface area contributed by atoms with Crippen molar-refractivity contribution in [1.29, 1.82) is 0 Å². The van der Waals surface area contributed by atoms with Gasteiger partial charge in [0.1, 0.15) is 5.82 Å². The lowest BCUT2D eigenvalue weighted by atomic mass is 9.91. The van der Waals surface area contributed by atoms with Gasteiger partial charge in [0.2, 0.25) is 0 Å². The van der Waals surface area contributed by atoms with Crippen LogP contribution >= 0.6 is 0 Å². The number of imidazole rings is 1. The van der Waals surface area contributed by atoms with Gasteiger partial charge in [-0.15, -0.1) is 0 Å². The number of piperidine rings is 1. The summed E-state index contributed by atoms with van der Waals surface area (Å²) in [6, 6.07) is 27.8. The van der Waals surface area contributed by atoms with Gasteiger partial charge in [-0.3, -0.25) is 0 Å². The summed E-state index contributed by atoms with van der Waals surface area (Å²) >= 11 is 0. The van der Waals surface area contributed by atoms with Crippen LogP contribution in [-0.4, -0.2) is 23.1 Å². The molecule has 1 N–H and O–H groups in total. The zero-order chi connectivity index (χ0) is 18.8. The maximum Gasteiger partial charge on any atom is 0.138 e. The SMILES string of the molecule is c1ccc(CC2CCCN(c3ccc4nc(-c5ccccc5)[nH]c4c3)C2)cc1. The van der Waals surface area contributed by atoms with Crippen LogP contribution in [0.3, 0.4) is 0 Å². The van der Waals surface area contributed by atoms with Gasteiger partial charge in [0.15, 0.2) is 0 Å². The number of aromatic nitrogens is 2. The van der Waals surface area contributed by atoms with E-state index >= 15 is 0 Å². The molecule has 2 heterocycles. The van der Waals surface area contributed by atoms with Gasteiger partial charge in [0, 0.05) is 24.3 Å². The molecule has 1 fully saturated rings. The fourth-order valence-electron chi connectivity index (χ4n) is 4.34. The molecule has 3 aromatic carbocycles. The van der Waals surface area contributed by atoms with E-state index in [4.69, 9.17) is 4.98 Å². The van der Waals surface area contributed by atoms with E-state index in [-0.39, 0.29) is 0 Å². The summed E-state index contributed by atoms with van der Waals surface area (Å²) in [6.07, 6.45) is 3.74. The number of hydrogen-bond acceptors (Lipinski definition) is 2. The molecule has 0 spiro atoms. The summed E-state index contributed by atoms with van der Waals surface area (Å²) in [5, 5.41) is 0. The van der Waals surface area contributed by atoms with Crippen molar-refractivity contribution >= 4 is 16.7 Å². The number of rotatable bonds is 4. The first-order valence-electron chi connectivity index (χ1n) is 10.2. The second-order valence-electron chi connectivity index (χ2n) is 7.80. The molecule has 1 saturated heterocycles. The maximum absolute atomic E-state index is 4.77. The van der Waals surface area contributed by atoms with Crippen molar-refractivity contribution in [3.05, 3.63) is 84.4 Å². The molecule has 0 aliphatic carbocycles. The van der Waals surface area contributed by atoms with Crippen molar-refractivity contribution in [2.45, 2.75) is 19.3 Å². The van der Waals surface area contributed by atoms with Gasteiger partial charge >= 0.3 is 0 Å². The van der Waals surface area contributed by atoms with E-state index in [1.54, 1.807) is 0 Å². The summed E-state index contributed by atoms with van der Waals surface area (Å²) < 4.78 is 0. The molecule has 4 aromatic rings. The monoisotopic (exact) mass is 367 g/mol. The van der Waals surface area contributed by atoms with Gasteiger partial charge in [-0.1, -0.05) is 60.7 Å². The Kier molecular flexibility index (Phi) is 4.58. The molecular formula is C25H25N3. The van der Waals surface area contributed by atoms with Crippen molar-refractivity contribution in [3.8, 4) is 11.4 Å². The van der Waals surface area contributed by atoms with Gasteiger partial charge in [-0.25, -0.2) is 4.98 Å². The van der Waals surface area contributed by atoms with E-state index in [0.29, 0.717) is 5.92 Å². The third-order valence-corrected chi connectivity index (χ3v) is 5.76. The van der Waals surface area contributed by atoms with Crippen LogP contribution in [0.15, 0.2) is 78.9 Å². The Hall–Kier alpha value is -3.07. The smallest absolute Gasteiger partial charge is 0.138 e. The van der Waals surface area contributed by atoms with Gasteiger partial charge < -0.3 is 9.88 Å². The molecule has 5 rings (SSSR count). The highest BCUT2D eigenvalue weighted by atomic mass is 15.1. The summed E-state index contributed by atoms with van der Waals surface area (Å²) in [4.78, 5) is 10.8. The van der Waals surface area contributed by atoms with Crippen molar-refractivity contribution < 1.29 is 0 Å². The number of hydrogen-bond donors (Lipinski definition) is 1. The highest BCUT2D eigenvalue weighted by Gasteiger charge is 2.21. The number of benzene rings is 3. The zero-order valence-corrected chi connectivity index (χ0v) is 16.0. The van der Waals surface area contributed by atoms with Crippen molar-refractivity contribution in [1.82, 2.24) is 9.97 Å². The molecule has 28 heavy (non-hydrogen) atoms. The molecule has 0 bridgehead atoms. The van der Waals surface area contributed by atoms with Gasteiger partial charge in [0.05, 0.1) is 11.0 Å². The molecular weight excluding hydrogens is 342 g/mol. The van der Waals surface area contributed by atoms with Crippen LogP contribution in [0, 0.1) is 5.92 Å². The molecule has 3 nitrogen and oxygen atoms in total. The number of aromatic amines is 1. The minimum absolute atomic E-state index is 0.716. The molecule has 1 aromatic heterocycles. The number of nitrogens with one attached hydrogen (secondary N) is 1. The third-order valence-electron chi connectivity index (χ3n) is 5.76. The van der Waals surface area contributed by atoms with E-state index in [0.717, 1.165) is 35.5 Å². The Morgan fingerprint density at radius 1 is 0.929 bits per heavy atom. The largest absolute Gasteiger partial charge is 0.371 e. The average Bonchev–Trinajstić information content (AvgIpc) is 3.19. The van der Waals surface area contributed by atoms with Gasteiger partial charge in [-0.2, -0.15) is 0 Å². The van der Waals surface area contributed by atoms with Crippen molar-refractivity contribution in [3.63, 3.8) is 0 Å². The third kappa shape index (κ3) is 3.53. The zero-order valence-electron chi connectivity index (χ0n) is 16.0. The molecule has 0 saturated carbocycles. The highest BCUT2D eigenvalue weighted by Crippen LogP contribution is 2.29. The van der Waals surface area contributed by atoms with E-state index < -0.39 is 0 Å². The number of anilines is 1. The average molecular weight is 367 g/mol. The molecule has 1 aliphatic rings. The summed E-state index contributed by atoms with van der Waals surface area (Å²) in [5.74, 6) is 1.65. The lowest BCUT2D eigenvalue weighted by molar-refractivity contribution is 0.413. The van der Waals surface area contributed by atoms with Crippen LogP contribution in [0.25, 0.3) is 22.4 Å². The van der Waals surface area contributed by atoms with Crippen molar-refractivity contribution in [2.75, 3.05) is 18.0 Å². The normalized spacial score (nSPS) is 17.1. The minimum Gasteiger partial charge on any atom is -0.371 e. The van der Waals surface area contributed by atoms with E-state index in [9.17, 15) is 0 Å². The van der Waals surface area contributed by atoms with Crippen LogP contribution in [0.2, 0.25) is 0 Å². The first-order chi connectivity index (χ1) is 13.8. The van der Waals surface area contributed by atoms with Crippen LogP contribution in [0.1, 0.15) is 18.4 Å². The Balaban J connectivity index is 1.36. The second kappa shape index (κ2) is 7.51. The minimum atomic E-state index is 0.716. The number of nitrogens with zero attached hydrogens (tertiary/aromatic N) is 2. The fraction of sp³-hybridized carbons (Fsp3) is 0.240. The Labute approximate surface area is 166 Å². The Morgan fingerprint density at radius 3 is 2.54 bits per heavy atom. The van der Waals surface area contributed by atoms with E-state index in [2.05, 4.69) is 82.7 Å². The van der Waals surface area contributed by atoms with Crippen molar-refractivity contribution in [2.24, 2.45) is 5.92 Å². The van der Waals surface area contributed by atoms with Crippen LogP contribution in [-0.2, 0) is 6.42 Å². The second-order valence-corrected chi connectivity index (χ2v) is 7.80. The fourth-order valence-corrected chi connectivity index (χ4v) is 4.34. The molecule has 1 unspecified atom stereocenters. The molecule has 1 atom stereocenters. The summed E-state index contributed by atoms with van der Waals surface area (Å²) in [6.45, 7) is 2.26. The summed E-state index contributed by atoms with van der Waals surface area (Å²) in [5.41, 5.74) is 6.02. The molecule has 3 heteroatoms. The standard InChI is InChI=1S/C25H25N3/c1-3-8-19(9-4-1)16-20-10-7-15-28(18-20)22-13-14-23-24(17-22)27-25(26-23)21-11-5-2-6-12-21/h1-6,8-9,11-14,17,20H,7,10,15-16,18H2,(H,26,27). The first kappa shape index (κ1) is 17.1. The van der Waals surface area contributed by atoms with E-state index in [1.807, 2.05) is 6.07 Å². The number of H-pyrrole nitrogens is 1. The number of fused-ring (bicyclic) bond motifs is 1. The van der Waals surface area contributed by atoms with E-state index in [1.165, 1.54) is 30.5 Å². The predicted molar refractivity (Wildman–Crippen MR) is 117 cm³/mol. The van der Waals surface area contributed by atoms with Crippen LogP contribution in [0.4, 0.5) is 5.69 Å². The highest BCUT2D eigenvalue weighted by molar-refractivity contribution is 5.83. The lowest BCUT2D eigenvalue weighted by Gasteiger charge is -2.34. The topological polar surface area (TPSA) is 31.9 Å². The van der Waals surface area contributed by atoms with Gasteiger partial charge in [0.25, 0.3) is 0 Å². The van der Waals surface area contributed by atoms with Crippen LogP contribution < -0.4 is 4.90 Å². The molecule has 1 aliphatic heterocycles. The molecule has 0 amide bonds. The molecule has 140 valence electrons. The summed E-state index contributed by atoms with van der Waals surface area (Å²) in [7, 11) is 0. The van der Waals surface area contributed by atoms with Gasteiger partial charge in [-0.05, 0) is 48.9 Å². The maximum atomic E-state index is 4.77. The Morgan fingerprint density at radius 2 is 1.71 bits per heavy atom. The van der Waals surface area contributed by atoms with Crippen LogP contribution in [0.5, 0.6) is 0 Å². The first-order valence-corrected chi connectivity index (χ1v) is 10.2. The quantitative estimate of drug-likeness (QED) is 0.502. The predicted octanol–water partition coefficient (Wildman–Crippen LogP) is 5.69. The molecule has 0 radical (unpaired) electrons. The Bertz CT molecular complexity index is 1050. The lowest BCUT2D eigenvalue weighted by Crippen LogP contribution is -2.36.